The van der Waals surface area contributed by atoms with Crippen LogP contribution >= 0.6 is 11.6 Å². The van der Waals surface area contributed by atoms with Crippen LogP contribution in [0.1, 0.15) is 0 Å². The van der Waals surface area contributed by atoms with Crippen molar-refractivity contribution in [2.75, 3.05) is 0 Å². The van der Waals surface area contributed by atoms with Crippen LogP contribution in [-0.2, 0) is 0 Å². The van der Waals surface area contributed by atoms with E-state index < -0.39 is 0 Å². The smallest absolute Gasteiger partial charge is 0.0550 e. The lowest BCUT2D eigenvalue weighted by Gasteiger charge is -2.16. The van der Waals surface area contributed by atoms with Crippen LogP contribution in [0.2, 0.25) is 0 Å². The van der Waals surface area contributed by atoms with Gasteiger partial charge in [0.05, 0.1) is 5.38 Å². The van der Waals surface area contributed by atoms with E-state index in [0.717, 1.165) is 23.7 Å². The summed E-state index contributed by atoms with van der Waals surface area (Å²) >= 11 is 5.94. The second-order valence-corrected chi connectivity index (χ2v) is 3.64. The zero-order valence-electron chi connectivity index (χ0n) is 4.42. The molecule has 0 aromatic carbocycles. The molecule has 0 nitrogen and oxygen atoms in total. The molecule has 0 amide bonds. The molecule has 0 aromatic heterocycles. The van der Waals surface area contributed by atoms with E-state index in [1.807, 2.05) is 0 Å². The van der Waals surface area contributed by atoms with Crippen LogP contribution in [0.25, 0.3) is 0 Å². The first-order chi connectivity index (χ1) is 3.89. The molecule has 2 bridgehead atoms. The van der Waals surface area contributed by atoms with Gasteiger partial charge in [0.25, 0.3) is 0 Å². The fourth-order valence-corrected chi connectivity index (χ4v) is 2.60. The first-order valence-corrected chi connectivity index (χ1v) is 3.65. The predicted molar refractivity (Wildman–Crippen MR) is 32.7 cm³/mol. The Morgan fingerprint density at radius 3 is 2.12 bits per heavy atom. The van der Waals surface area contributed by atoms with Gasteiger partial charge in [0, 0.05) is 0 Å². The maximum absolute atomic E-state index is 5.94. The van der Waals surface area contributed by atoms with Gasteiger partial charge in [-0.15, -0.1) is 11.6 Å². The number of hydrogen-bond acceptors (Lipinski definition) is 0. The second kappa shape index (κ2) is 0.881. The Labute approximate surface area is 53.5 Å². The zero-order chi connectivity index (χ0) is 5.30. The number of hydrogen-bond donors (Lipinski definition) is 0. The molecule has 1 heteroatoms. The first-order valence-electron chi connectivity index (χ1n) is 3.22. The molecule has 0 spiro atoms. The molecule has 4 aliphatic rings. The van der Waals surface area contributed by atoms with Crippen molar-refractivity contribution in [3.63, 3.8) is 0 Å². The van der Waals surface area contributed by atoms with Gasteiger partial charge in [-0.3, -0.25) is 0 Å². The third-order valence-corrected chi connectivity index (χ3v) is 3.26. The minimum atomic E-state index is 0.398. The molecule has 42 valence electrons. The van der Waals surface area contributed by atoms with Crippen molar-refractivity contribution in [2.24, 2.45) is 23.7 Å². The highest BCUT2D eigenvalue weighted by molar-refractivity contribution is 6.22. The van der Waals surface area contributed by atoms with Gasteiger partial charge < -0.3 is 0 Å². The maximum atomic E-state index is 5.94. The summed E-state index contributed by atoms with van der Waals surface area (Å²) in [5, 5.41) is 0.398. The van der Waals surface area contributed by atoms with Crippen molar-refractivity contribution >= 4 is 11.6 Å². The normalized spacial score (nSPS) is 71.9. The van der Waals surface area contributed by atoms with Gasteiger partial charge in [-0.1, -0.05) is 12.2 Å². The number of halogens is 1. The highest BCUT2D eigenvalue weighted by atomic mass is 35.5. The topological polar surface area (TPSA) is 0 Å². The van der Waals surface area contributed by atoms with Crippen LogP contribution in [-0.4, -0.2) is 5.38 Å². The lowest BCUT2D eigenvalue weighted by Crippen LogP contribution is -2.14. The van der Waals surface area contributed by atoms with Crippen molar-refractivity contribution in [1.82, 2.24) is 0 Å². The summed E-state index contributed by atoms with van der Waals surface area (Å²) in [4.78, 5) is 0. The third kappa shape index (κ3) is 0.244. The molecule has 0 N–H and O–H groups in total. The molecular formula is C7H7Cl. The summed E-state index contributed by atoms with van der Waals surface area (Å²) in [5.74, 6) is 3.98. The number of allylic oxidation sites excluding steroid dienone is 2. The van der Waals surface area contributed by atoms with E-state index in [4.69, 9.17) is 11.6 Å². The van der Waals surface area contributed by atoms with E-state index in [-0.39, 0.29) is 0 Å². The van der Waals surface area contributed by atoms with Crippen LogP contribution in [0.5, 0.6) is 0 Å². The monoisotopic (exact) mass is 126 g/mol. The predicted octanol–water partition coefficient (Wildman–Crippen LogP) is 1.66. The van der Waals surface area contributed by atoms with Crippen LogP contribution in [0.3, 0.4) is 0 Å². The van der Waals surface area contributed by atoms with Crippen LogP contribution < -0.4 is 0 Å². The van der Waals surface area contributed by atoms with Gasteiger partial charge in [-0.25, -0.2) is 0 Å². The number of fused-ring (bicyclic) bond motifs is 1. The molecule has 2 fully saturated rings. The fourth-order valence-electron chi connectivity index (χ4n) is 2.18. The largest absolute Gasteiger partial charge is 0.118 e. The van der Waals surface area contributed by atoms with Crippen molar-refractivity contribution in [1.29, 1.82) is 0 Å². The highest BCUT2D eigenvalue weighted by Crippen LogP contribution is 2.77. The third-order valence-electron chi connectivity index (χ3n) is 2.83. The number of alkyl halides is 1. The maximum Gasteiger partial charge on any atom is 0.0550 e. The summed E-state index contributed by atoms with van der Waals surface area (Å²) in [6.45, 7) is 0. The van der Waals surface area contributed by atoms with Crippen LogP contribution in [0.15, 0.2) is 12.2 Å². The average Bonchev–Trinajstić information content (AvgIpc) is 2.48. The van der Waals surface area contributed by atoms with Crippen molar-refractivity contribution < 1.29 is 0 Å². The summed E-state index contributed by atoms with van der Waals surface area (Å²) < 4.78 is 0. The van der Waals surface area contributed by atoms with E-state index in [1.54, 1.807) is 0 Å². The standard InChI is InChI=1S/C7H7Cl/c8-4-2-1-3-5-6(3)7(4)5/h1-7H. The lowest BCUT2D eigenvalue weighted by molar-refractivity contribution is 0.522. The molecule has 0 saturated heterocycles. The summed E-state index contributed by atoms with van der Waals surface area (Å²) in [6.07, 6.45) is 4.46. The van der Waals surface area contributed by atoms with E-state index in [0.29, 0.717) is 5.38 Å². The summed E-state index contributed by atoms with van der Waals surface area (Å²) in [6, 6.07) is 0. The Kier molecular flexibility index (Phi) is 0.435. The molecule has 0 aliphatic heterocycles. The summed E-state index contributed by atoms with van der Waals surface area (Å²) in [5.41, 5.74) is 0. The van der Waals surface area contributed by atoms with Gasteiger partial charge >= 0.3 is 0 Å². The van der Waals surface area contributed by atoms with Gasteiger partial charge in [-0.2, -0.15) is 0 Å². The second-order valence-electron chi connectivity index (χ2n) is 3.14. The Bertz CT molecular complexity index is 163. The van der Waals surface area contributed by atoms with Gasteiger partial charge in [0.15, 0.2) is 0 Å². The molecule has 0 heterocycles. The zero-order valence-corrected chi connectivity index (χ0v) is 5.18. The fraction of sp³-hybridized carbons (Fsp3) is 0.714. The van der Waals surface area contributed by atoms with Crippen molar-refractivity contribution in [3.8, 4) is 0 Å². The Hall–Kier alpha value is 0.0300. The van der Waals surface area contributed by atoms with E-state index >= 15 is 0 Å². The van der Waals surface area contributed by atoms with Gasteiger partial charge in [0.2, 0.25) is 0 Å². The van der Waals surface area contributed by atoms with Gasteiger partial charge in [0.1, 0.15) is 0 Å². The Morgan fingerprint density at radius 2 is 1.75 bits per heavy atom. The molecular weight excluding hydrogens is 120 g/mol. The Balaban J connectivity index is 2.05. The minimum Gasteiger partial charge on any atom is -0.118 e. The molecule has 2 saturated carbocycles. The molecule has 0 aromatic rings. The molecule has 8 heavy (non-hydrogen) atoms. The molecule has 4 rings (SSSR count). The minimum absolute atomic E-state index is 0.398. The molecule has 3 atom stereocenters. The number of rotatable bonds is 0. The van der Waals surface area contributed by atoms with Crippen LogP contribution in [0, 0.1) is 23.7 Å². The lowest BCUT2D eigenvalue weighted by atomic mass is 9.95. The van der Waals surface area contributed by atoms with Gasteiger partial charge in [-0.05, 0) is 23.7 Å². The molecule has 0 radical (unpaired) electrons. The summed E-state index contributed by atoms with van der Waals surface area (Å²) in [7, 11) is 0. The van der Waals surface area contributed by atoms with Crippen molar-refractivity contribution in [2.45, 2.75) is 5.38 Å². The molecule has 3 unspecified atom stereocenters. The van der Waals surface area contributed by atoms with Crippen molar-refractivity contribution in [3.05, 3.63) is 12.2 Å². The van der Waals surface area contributed by atoms with Crippen LogP contribution in [0.4, 0.5) is 0 Å². The quantitative estimate of drug-likeness (QED) is 0.342. The van der Waals surface area contributed by atoms with E-state index in [1.165, 1.54) is 0 Å². The van der Waals surface area contributed by atoms with E-state index in [9.17, 15) is 0 Å². The first kappa shape index (κ1) is 3.94. The Morgan fingerprint density at radius 1 is 1.00 bits per heavy atom. The molecule has 4 aliphatic carbocycles. The average molecular weight is 127 g/mol. The highest BCUT2D eigenvalue weighted by Gasteiger charge is 2.75. The SMILES string of the molecule is ClC1C=CC2C3C1C23. The van der Waals surface area contributed by atoms with E-state index in [2.05, 4.69) is 12.2 Å².